The van der Waals surface area contributed by atoms with Crippen LogP contribution in [-0.2, 0) is 5.21 Å². The van der Waals surface area contributed by atoms with Crippen LogP contribution >= 0.6 is 0 Å². The number of aromatic nitrogens is 3. The fourth-order valence-corrected chi connectivity index (χ4v) is 3.29. The van der Waals surface area contributed by atoms with E-state index in [9.17, 15) is 10.4 Å². The molecule has 1 aliphatic rings. The van der Waals surface area contributed by atoms with Crippen molar-refractivity contribution in [3.8, 4) is 22.8 Å². The summed E-state index contributed by atoms with van der Waals surface area (Å²) in [7, 11) is 0. The first kappa shape index (κ1) is 19.0. The van der Waals surface area contributed by atoms with E-state index in [1.807, 2.05) is 36.4 Å². The average Bonchev–Trinajstić information content (AvgIpc) is 2.85. The first-order valence-corrected chi connectivity index (χ1v) is 9.40. The third kappa shape index (κ3) is 2.94. The van der Waals surface area contributed by atoms with Crippen molar-refractivity contribution < 1.29 is 9.95 Å². The SMILES string of the molecule is CC1(C)N([O])C(c2cc(-c3ccccn3)nc(-c3ccccn3)c2)=[N+]([O-])C1(C)C. The average molecular weight is 388 g/mol. The summed E-state index contributed by atoms with van der Waals surface area (Å²) in [5, 5.41) is 27.1. The molecule has 0 N–H and O–H groups in total. The van der Waals surface area contributed by atoms with Crippen LogP contribution in [0.5, 0.6) is 0 Å². The molecule has 3 aromatic heterocycles. The lowest BCUT2D eigenvalue weighted by Gasteiger charge is -2.32. The monoisotopic (exact) mass is 388 g/mol. The first-order valence-electron chi connectivity index (χ1n) is 9.40. The molecule has 0 aromatic carbocycles. The zero-order chi connectivity index (χ0) is 20.8. The molecule has 7 heteroatoms. The Morgan fingerprint density at radius 3 is 1.76 bits per heavy atom. The van der Waals surface area contributed by atoms with E-state index in [0.717, 1.165) is 9.80 Å². The second kappa shape index (κ2) is 6.63. The number of amidine groups is 1. The molecule has 0 saturated heterocycles. The van der Waals surface area contributed by atoms with Gasteiger partial charge < -0.3 is 5.21 Å². The molecule has 0 atom stereocenters. The van der Waals surface area contributed by atoms with Crippen molar-refractivity contribution in [1.82, 2.24) is 20.0 Å². The molecule has 4 heterocycles. The van der Waals surface area contributed by atoms with Gasteiger partial charge in [-0.1, -0.05) is 17.2 Å². The van der Waals surface area contributed by atoms with Crippen LogP contribution in [0.25, 0.3) is 22.8 Å². The van der Waals surface area contributed by atoms with Gasteiger partial charge in [0.25, 0.3) is 0 Å². The van der Waals surface area contributed by atoms with Crippen molar-refractivity contribution in [2.45, 2.75) is 38.8 Å². The van der Waals surface area contributed by atoms with Gasteiger partial charge in [-0.05, 0) is 64.1 Å². The molecule has 1 radical (unpaired) electrons. The molecule has 0 spiro atoms. The molecule has 4 rings (SSSR count). The second-order valence-electron chi connectivity index (χ2n) is 8.09. The smallest absolute Gasteiger partial charge is 0.316 e. The minimum atomic E-state index is -0.899. The van der Waals surface area contributed by atoms with Crippen molar-refractivity contribution in [3.05, 3.63) is 71.7 Å². The van der Waals surface area contributed by atoms with E-state index in [1.54, 1.807) is 52.2 Å². The third-order valence-corrected chi connectivity index (χ3v) is 5.84. The van der Waals surface area contributed by atoms with E-state index < -0.39 is 11.1 Å². The summed E-state index contributed by atoms with van der Waals surface area (Å²) in [6, 6.07) is 14.5. The molecule has 0 amide bonds. The molecular formula is C22H22N5O2. The maximum Gasteiger partial charge on any atom is 0.316 e. The molecule has 29 heavy (non-hydrogen) atoms. The van der Waals surface area contributed by atoms with Gasteiger partial charge in [-0.15, -0.1) is 0 Å². The van der Waals surface area contributed by atoms with E-state index in [4.69, 9.17) is 0 Å². The predicted molar refractivity (Wildman–Crippen MR) is 109 cm³/mol. The Kier molecular flexibility index (Phi) is 4.35. The largest absolute Gasteiger partial charge is 0.714 e. The van der Waals surface area contributed by atoms with Gasteiger partial charge in [-0.25, -0.2) is 4.98 Å². The molecule has 3 aromatic rings. The van der Waals surface area contributed by atoms with Gasteiger partial charge in [0.15, 0.2) is 5.54 Å². The first-order chi connectivity index (χ1) is 13.7. The van der Waals surface area contributed by atoms with Gasteiger partial charge in [0.05, 0.1) is 28.3 Å². The van der Waals surface area contributed by atoms with Gasteiger partial charge in [-0.3, -0.25) is 14.7 Å². The summed E-state index contributed by atoms with van der Waals surface area (Å²) >= 11 is 0. The van der Waals surface area contributed by atoms with E-state index in [2.05, 4.69) is 15.0 Å². The van der Waals surface area contributed by atoms with Crippen molar-refractivity contribution >= 4 is 5.84 Å². The molecule has 147 valence electrons. The molecule has 0 fully saturated rings. The number of hydrogen-bond donors (Lipinski definition) is 0. The van der Waals surface area contributed by atoms with E-state index in [1.165, 1.54) is 0 Å². The Bertz CT molecular complexity index is 1020. The molecule has 0 unspecified atom stereocenters. The minimum Gasteiger partial charge on any atom is -0.714 e. The van der Waals surface area contributed by atoms with Crippen LogP contribution < -0.4 is 0 Å². The lowest BCUT2D eigenvalue weighted by Crippen LogP contribution is -2.53. The van der Waals surface area contributed by atoms with Crippen LogP contribution in [0.1, 0.15) is 33.3 Å². The Morgan fingerprint density at radius 2 is 1.38 bits per heavy atom. The van der Waals surface area contributed by atoms with Crippen LogP contribution in [0.4, 0.5) is 0 Å². The van der Waals surface area contributed by atoms with Crippen LogP contribution in [0.2, 0.25) is 0 Å². The van der Waals surface area contributed by atoms with Crippen LogP contribution in [-0.4, -0.2) is 41.7 Å². The number of nitrogens with zero attached hydrogens (tertiary/aromatic N) is 5. The Morgan fingerprint density at radius 1 is 0.862 bits per heavy atom. The highest BCUT2D eigenvalue weighted by Gasteiger charge is 2.60. The molecule has 7 nitrogen and oxygen atoms in total. The van der Waals surface area contributed by atoms with Gasteiger partial charge in [0.1, 0.15) is 5.54 Å². The maximum absolute atomic E-state index is 13.1. The van der Waals surface area contributed by atoms with Crippen molar-refractivity contribution in [1.29, 1.82) is 0 Å². The molecule has 0 aliphatic carbocycles. The highest BCUT2D eigenvalue weighted by molar-refractivity contribution is 5.97. The predicted octanol–water partition coefficient (Wildman–Crippen LogP) is 3.68. The van der Waals surface area contributed by atoms with Crippen LogP contribution in [0.15, 0.2) is 60.9 Å². The van der Waals surface area contributed by atoms with E-state index in [-0.39, 0.29) is 5.84 Å². The van der Waals surface area contributed by atoms with E-state index in [0.29, 0.717) is 28.3 Å². The van der Waals surface area contributed by atoms with Crippen molar-refractivity contribution in [3.63, 3.8) is 0 Å². The summed E-state index contributed by atoms with van der Waals surface area (Å²) in [4.78, 5) is 13.4. The third-order valence-electron chi connectivity index (χ3n) is 5.84. The summed E-state index contributed by atoms with van der Waals surface area (Å²) in [5.74, 6) is 0.0664. The van der Waals surface area contributed by atoms with Gasteiger partial charge >= 0.3 is 5.84 Å². The minimum absolute atomic E-state index is 0.0664. The van der Waals surface area contributed by atoms with Gasteiger partial charge in [0.2, 0.25) is 0 Å². The molecule has 1 aliphatic heterocycles. The normalized spacial score (nSPS) is 17.6. The lowest BCUT2D eigenvalue weighted by molar-refractivity contribution is -0.539. The second-order valence-corrected chi connectivity index (χ2v) is 8.09. The molecule has 0 saturated carbocycles. The number of pyridine rings is 3. The quantitative estimate of drug-likeness (QED) is 0.504. The zero-order valence-electron chi connectivity index (χ0n) is 16.8. The molecular weight excluding hydrogens is 366 g/mol. The lowest BCUT2D eigenvalue weighted by atomic mass is 9.84. The fourth-order valence-electron chi connectivity index (χ4n) is 3.29. The van der Waals surface area contributed by atoms with Crippen molar-refractivity contribution in [2.24, 2.45) is 0 Å². The Labute approximate surface area is 169 Å². The number of hydrogen-bond acceptors (Lipinski definition) is 5. The zero-order valence-corrected chi connectivity index (χ0v) is 16.8. The summed E-state index contributed by atoms with van der Waals surface area (Å²) in [6.07, 6.45) is 3.36. The highest BCUT2D eigenvalue weighted by Crippen LogP contribution is 2.38. The topological polar surface area (TPSA) is 87.9 Å². The van der Waals surface area contributed by atoms with Gasteiger partial charge in [0, 0.05) is 17.6 Å². The molecule has 0 bridgehead atoms. The Hall–Kier alpha value is -3.32. The summed E-state index contributed by atoms with van der Waals surface area (Å²) < 4.78 is 0.805. The fraction of sp³-hybridized carbons (Fsp3) is 0.273. The van der Waals surface area contributed by atoms with Gasteiger partial charge in [-0.2, -0.15) is 0 Å². The van der Waals surface area contributed by atoms with Crippen molar-refractivity contribution in [2.75, 3.05) is 0 Å². The summed E-state index contributed by atoms with van der Waals surface area (Å²) in [6.45, 7) is 7.10. The van der Waals surface area contributed by atoms with Crippen LogP contribution in [0, 0.1) is 5.21 Å². The maximum atomic E-state index is 13.1. The Balaban J connectivity index is 1.96. The van der Waals surface area contributed by atoms with Crippen LogP contribution in [0.3, 0.4) is 0 Å². The number of hydroxylamine groups is 3. The highest BCUT2D eigenvalue weighted by atomic mass is 16.5. The van der Waals surface area contributed by atoms with E-state index >= 15 is 0 Å². The number of rotatable bonds is 3. The summed E-state index contributed by atoms with van der Waals surface area (Å²) in [5.41, 5.74) is 1.14. The standard InChI is InChI=1S/C22H22N5O2/c1-21(2)22(3,4)27(29)20(26(21)28)15-13-18(16-9-5-7-11-23-16)25-19(14-15)17-10-6-8-12-24-17/h5-14H,1-4H3.